The Labute approximate surface area is 73.9 Å². The molecule has 0 saturated heterocycles. The normalized spacial score (nSPS) is 18.3. The molecule has 0 spiro atoms. The summed E-state index contributed by atoms with van der Waals surface area (Å²) in [7, 11) is -6.76. The van der Waals surface area contributed by atoms with E-state index < -0.39 is 34.2 Å². The minimum atomic E-state index is -6.76. The maximum absolute atomic E-state index is 12.1. The van der Waals surface area contributed by atoms with Crippen LogP contribution in [-0.4, -0.2) is 32.4 Å². The fourth-order valence-corrected chi connectivity index (χ4v) is 0.847. The molecule has 0 amide bonds. The van der Waals surface area contributed by atoms with Gasteiger partial charge >= 0.3 is 15.5 Å². The second-order valence-corrected chi connectivity index (χ2v) is 3.60. The lowest BCUT2D eigenvalue weighted by molar-refractivity contribution is -0.0809. The number of hydrogen-bond acceptors (Lipinski definition) is 2. The van der Waals surface area contributed by atoms with Gasteiger partial charge in [0.05, 0.1) is 0 Å². The van der Waals surface area contributed by atoms with E-state index >= 15 is 0 Å². The predicted molar refractivity (Wildman–Crippen MR) is 30.8 cm³/mol. The van der Waals surface area contributed by atoms with Gasteiger partial charge in [-0.2, -0.15) is 17.2 Å². The molecule has 0 aromatic carbocycles. The van der Waals surface area contributed by atoms with E-state index in [0.29, 0.717) is 0 Å². The van der Waals surface area contributed by atoms with Crippen molar-refractivity contribution in [3.05, 3.63) is 0 Å². The van der Waals surface area contributed by atoms with Crippen molar-refractivity contribution in [1.29, 1.82) is 0 Å². The summed E-state index contributed by atoms with van der Waals surface area (Å²) in [6.45, 7) is 0. The van der Waals surface area contributed by atoms with Crippen molar-refractivity contribution in [1.82, 2.24) is 0 Å². The number of hydrogen-bond donors (Lipinski definition) is 0. The summed E-state index contributed by atoms with van der Waals surface area (Å²) in [4.78, 5) is 0. The average Bonchev–Trinajstić information content (AvgIpc) is 1.99. The minimum absolute atomic E-state index is 4.07. The number of alkyl halides is 6. The molecule has 0 fully saturated rings. The van der Waals surface area contributed by atoms with E-state index in [0.717, 1.165) is 0 Å². The van der Waals surface area contributed by atoms with Gasteiger partial charge in [-0.25, -0.2) is 17.6 Å². The van der Waals surface area contributed by atoms with Gasteiger partial charge in [0, 0.05) is 0 Å². The molecular weight excluding hydrogens is 245 g/mol. The van der Waals surface area contributed by atoms with Crippen molar-refractivity contribution in [3.8, 4) is 0 Å². The second-order valence-electron chi connectivity index (χ2n) is 2.18. The van der Waals surface area contributed by atoms with Crippen molar-refractivity contribution in [2.24, 2.45) is 0 Å². The molecule has 2 atom stereocenters. The first-order chi connectivity index (χ1) is 6.01. The summed E-state index contributed by atoms with van der Waals surface area (Å²) in [5, 5.41) is -5.82. The van der Waals surface area contributed by atoms with Crippen LogP contribution in [0.15, 0.2) is 0 Å². The topological polar surface area (TPSA) is 34.1 Å². The first kappa shape index (κ1) is 13.5. The third kappa shape index (κ3) is 2.49. The van der Waals surface area contributed by atoms with Crippen molar-refractivity contribution in [2.75, 3.05) is 0 Å². The van der Waals surface area contributed by atoms with Crippen molar-refractivity contribution in [3.63, 3.8) is 0 Å². The maximum atomic E-state index is 12.1. The smallest absolute Gasteiger partial charge is 0.238 e. The van der Waals surface area contributed by atoms with Crippen LogP contribution in [0.5, 0.6) is 0 Å². The van der Waals surface area contributed by atoms with Gasteiger partial charge in [-0.3, -0.25) is 0 Å². The van der Waals surface area contributed by atoms with Crippen molar-refractivity contribution < 1.29 is 38.6 Å². The predicted octanol–water partition coefficient (Wildman–Crippen LogP) is 1.82. The Hall–Kier alpha value is -0.540. The van der Waals surface area contributed by atoms with E-state index in [-0.39, 0.29) is 0 Å². The molecule has 0 aromatic rings. The highest BCUT2D eigenvalue weighted by atomic mass is 32.3. The lowest BCUT2D eigenvalue weighted by Crippen LogP contribution is -2.44. The van der Waals surface area contributed by atoms with Gasteiger partial charge in [0.2, 0.25) is 6.17 Å². The monoisotopic (exact) mass is 248 g/mol. The van der Waals surface area contributed by atoms with E-state index in [2.05, 4.69) is 0 Å². The summed E-state index contributed by atoms with van der Waals surface area (Å²) in [5.41, 5.74) is 0. The van der Waals surface area contributed by atoms with Gasteiger partial charge < -0.3 is 0 Å². The van der Waals surface area contributed by atoms with E-state index in [4.69, 9.17) is 0 Å². The summed E-state index contributed by atoms with van der Waals surface area (Å²) in [6.07, 6.45) is -12.7. The first-order valence-corrected chi connectivity index (χ1v) is 4.28. The second kappa shape index (κ2) is 3.91. The Kier molecular flexibility index (Phi) is 3.76. The van der Waals surface area contributed by atoms with Crippen molar-refractivity contribution in [2.45, 2.75) is 24.0 Å². The molecule has 0 bridgehead atoms. The summed E-state index contributed by atoms with van der Waals surface area (Å²) >= 11 is 0. The third-order valence-corrected chi connectivity index (χ3v) is 2.04. The van der Waals surface area contributed by atoms with Gasteiger partial charge in [0.15, 0.2) is 6.17 Å². The van der Waals surface area contributed by atoms with Crippen molar-refractivity contribution >= 4 is 10.2 Å². The van der Waals surface area contributed by atoms with Gasteiger partial charge in [-0.1, -0.05) is 3.89 Å². The molecule has 0 radical (unpaired) electrons. The number of rotatable bonds is 4. The summed E-state index contributed by atoms with van der Waals surface area (Å²) < 4.78 is 101. The maximum Gasteiger partial charge on any atom is 0.407 e. The van der Waals surface area contributed by atoms with Gasteiger partial charge in [0.25, 0.3) is 6.43 Å². The standard InChI is InChI=1S/C4H3F7O2S/c5-1(3(7)8)2(6)4(9,10)14(11,12)13/h1-3H. The highest BCUT2D eigenvalue weighted by Crippen LogP contribution is 2.34. The van der Waals surface area contributed by atoms with E-state index in [1.807, 2.05) is 0 Å². The lowest BCUT2D eigenvalue weighted by atomic mass is 10.2. The first-order valence-electron chi connectivity index (χ1n) is 2.90. The van der Waals surface area contributed by atoms with Gasteiger partial charge in [-0.15, -0.1) is 0 Å². The molecule has 0 aliphatic rings. The molecule has 2 nitrogen and oxygen atoms in total. The summed E-state index contributed by atoms with van der Waals surface area (Å²) in [5.74, 6) is 0. The molecule has 2 unspecified atom stereocenters. The Morgan fingerprint density at radius 1 is 1.00 bits per heavy atom. The van der Waals surface area contributed by atoms with Crippen LogP contribution in [0, 0.1) is 0 Å². The molecule has 10 heteroatoms. The Bertz CT molecular complexity index is 286. The molecule has 0 heterocycles. The van der Waals surface area contributed by atoms with Crippen LogP contribution in [0.1, 0.15) is 0 Å². The molecule has 0 aliphatic carbocycles. The fraction of sp³-hybridized carbons (Fsp3) is 1.00. The molecule has 0 aromatic heterocycles. The number of halogens is 7. The SMILES string of the molecule is O=S(=O)(F)C(F)(F)C(F)C(F)C(F)F. The zero-order valence-electron chi connectivity index (χ0n) is 6.10. The quantitative estimate of drug-likeness (QED) is 0.561. The van der Waals surface area contributed by atoms with E-state index in [1.54, 1.807) is 0 Å². The molecule has 14 heavy (non-hydrogen) atoms. The zero-order valence-corrected chi connectivity index (χ0v) is 6.92. The van der Waals surface area contributed by atoms with Gasteiger partial charge in [-0.05, 0) is 0 Å². The molecule has 0 N–H and O–H groups in total. The molecule has 0 saturated carbocycles. The largest absolute Gasteiger partial charge is 0.407 e. The highest BCUT2D eigenvalue weighted by Gasteiger charge is 2.59. The van der Waals surface area contributed by atoms with Gasteiger partial charge in [0.1, 0.15) is 0 Å². The van der Waals surface area contributed by atoms with Crippen LogP contribution in [-0.2, 0) is 10.2 Å². The summed E-state index contributed by atoms with van der Waals surface area (Å²) in [6, 6.07) is 0. The van der Waals surface area contributed by atoms with E-state index in [9.17, 15) is 38.6 Å². The van der Waals surface area contributed by atoms with Crippen LogP contribution < -0.4 is 0 Å². The fourth-order valence-electron chi connectivity index (χ4n) is 0.448. The average molecular weight is 248 g/mol. The molecule has 0 aliphatic heterocycles. The van der Waals surface area contributed by atoms with Crippen LogP contribution in [0.2, 0.25) is 0 Å². The molecule has 0 rings (SSSR count). The Balaban J connectivity index is 4.94. The molecule has 86 valence electrons. The lowest BCUT2D eigenvalue weighted by Gasteiger charge is -2.18. The van der Waals surface area contributed by atoms with E-state index in [1.165, 1.54) is 0 Å². The molecular formula is C4H3F7O2S. The van der Waals surface area contributed by atoms with Crippen LogP contribution >= 0.6 is 0 Å². The minimum Gasteiger partial charge on any atom is -0.238 e. The Morgan fingerprint density at radius 2 is 1.36 bits per heavy atom. The zero-order chi connectivity index (χ0) is 11.7. The highest BCUT2D eigenvalue weighted by molar-refractivity contribution is 7.87. The third-order valence-electron chi connectivity index (χ3n) is 1.17. The van der Waals surface area contributed by atoms with Crippen LogP contribution in [0.25, 0.3) is 0 Å². The van der Waals surface area contributed by atoms with Crippen LogP contribution in [0.3, 0.4) is 0 Å². The Morgan fingerprint density at radius 3 is 1.57 bits per heavy atom. The van der Waals surface area contributed by atoms with Crippen LogP contribution in [0.4, 0.5) is 30.2 Å².